The Labute approximate surface area is 222 Å². The number of aromatic nitrogens is 1. The van der Waals surface area contributed by atoms with Gasteiger partial charge in [-0.3, -0.25) is 9.69 Å². The number of hydrogen-bond acceptors (Lipinski definition) is 4. The van der Waals surface area contributed by atoms with E-state index in [2.05, 4.69) is 25.7 Å². The van der Waals surface area contributed by atoms with Crippen LogP contribution < -0.4 is 4.74 Å². The summed E-state index contributed by atoms with van der Waals surface area (Å²) in [5, 5.41) is 0. The minimum Gasteiger partial charge on any atom is -0.435 e. The molecule has 2 heterocycles. The summed E-state index contributed by atoms with van der Waals surface area (Å²) in [6, 6.07) is 15.2. The van der Waals surface area contributed by atoms with Crippen molar-refractivity contribution in [1.29, 1.82) is 0 Å². The zero-order chi connectivity index (χ0) is 27.7. The summed E-state index contributed by atoms with van der Waals surface area (Å²) in [5.74, 6) is 1.33. The first-order valence-corrected chi connectivity index (χ1v) is 12.7. The maximum Gasteiger partial charge on any atom is 0.387 e. The van der Waals surface area contributed by atoms with Crippen LogP contribution in [0.1, 0.15) is 44.7 Å². The molecule has 0 atom stereocenters. The number of benzene rings is 2. The number of nitrogens with one attached hydrogen (secondary N) is 1. The minimum absolute atomic E-state index is 0.135. The molecule has 1 N–H and O–H groups in total. The predicted molar refractivity (Wildman–Crippen MR) is 145 cm³/mol. The molecule has 0 aliphatic carbocycles. The Bertz CT molecular complexity index is 1180. The molecule has 1 aromatic heterocycles. The van der Waals surface area contributed by atoms with Gasteiger partial charge in [-0.25, -0.2) is 9.38 Å². The lowest BCUT2D eigenvalue weighted by atomic mass is 10.0. The van der Waals surface area contributed by atoms with Gasteiger partial charge in [0.15, 0.2) is 0 Å². The molecule has 0 saturated carbocycles. The molecule has 3 aromatic rings. The largest absolute Gasteiger partial charge is 0.435 e. The molecular formula is C29H35F3N4O2. The molecule has 0 radical (unpaired) electrons. The zero-order valence-electron chi connectivity index (χ0n) is 22.3. The maximum absolute atomic E-state index is 13.1. The molecule has 9 heteroatoms. The molecule has 1 saturated heterocycles. The third-order valence-corrected chi connectivity index (χ3v) is 6.27. The highest BCUT2D eigenvalue weighted by Gasteiger charge is 2.20. The average molecular weight is 529 g/mol. The van der Waals surface area contributed by atoms with Crippen LogP contribution in [0.3, 0.4) is 0 Å². The summed E-state index contributed by atoms with van der Waals surface area (Å²) in [4.78, 5) is 23.4. The summed E-state index contributed by atoms with van der Waals surface area (Å²) in [5.41, 5.74) is 4.08. The summed E-state index contributed by atoms with van der Waals surface area (Å²) in [6.45, 7) is 8.84. The van der Waals surface area contributed by atoms with Crippen molar-refractivity contribution in [2.75, 3.05) is 26.2 Å². The number of hydrogen-bond donors (Lipinski definition) is 1. The third-order valence-electron chi connectivity index (χ3n) is 6.27. The highest BCUT2D eigenvalue weighted by atomic mass is 19.3. The van der Waals surface area contributed by atoms with Crippen molar-refractivity contribution in [2.45, 2.75) is 46.8 Å². The summed E-state index contributed by atoms with van der Waals surface area (Å²) in [6.07, 6.45) is 1.76. The molecule has 1 aliphatic rings. The van der Waals surface area contributed by atoms with Crippen molar-refractivity contribution in [2.24, 2.45) is 4.99 Å². The second kappa shape index (κ2) is 13.8. The molecule has 2 aromatic carbocycles. The van der Waals surface area contributed by atoms with Crippen molar-refractivity contribution in [1.82, 2.24) is 14.8 Å². The number of ether oxygens (including phenoxy) is 1. The molecule has 204 valence electrons. The number of amides is 1. The van der Waals surface area contributed by atoms with E-state index >= 15 is 0 Å². The average Bonchev–Trinajstić information content (AvgIpc) is 3.27. The van der Waals surface area contributed by atoms with Crippen molar-refractivity contribution in [3.05, 3.63) is 71.5 Å². The highest BCUT2D eigenvalue weighted by Crippen LogP contribution is 2.28. The van der Waals surface area contributed by atoms with Crippen LogP contribution in [0.2, 0.25) is 0 Å². The Hall–Kier alpha value is -3.59. The molecule has 1 amide bonds. The number of piperazine rings is 1. The molecule has 1 fully saturated rings. The monoisotopic (exact) mass is 528 g/mol. The van der Waals surface area contributed by atoms with Crippen molar-refractivity contribution in [3.63, 3.8) is 0 Å². The number of aliphatic imine (C=N–C) groups is 1. The number of carbonyl (C=O) groups is 1. The number of aromatic amines is 1. The van der Waals surface area contributed by atoms with Gasteiger partial charge in [-0.05, 0) is 66.4 Å². The maximum atomic E-state index is 13.1. The topological polar surface area (TPSA) is 60.9 Å². The third kappa shape index (κ3) is 8.48. The summed E-state index contributed by atoms with van der Waals surface area (Å²) >= 11 is 0. The van der Waals surface area contributed by atoms with Gasteiger partial charge in [0.2, 0.25) is 5.91 Å². The van der Waals surface area contributed by atoms with E-state index in [0.717, 1.165) is 60.9 Å². The number of nitrogens with zero attached hydrogens (tertiary/aromatic N) is 3. The Balaban J connectivity index is 0.000000260. The van der Waals surface area contributed by atoms with Crippen LogP contribution >= 0.6 is 0 Å². The minimum atomic E-state index is -2.75. The number of carbonyl (C=O) groups excluding carboxylic acids is 1. The van der Waals surface area contributed by atoms with Gasteiger partial charge >= 0.3 is 6.61 Å². The van der Waals surface area contributed by atoms with Gasteiger partial charge in [-0.15, -0.1) is 0 Å². The van der Waals surface area contributed by atoms with Crippen LogP contribution in [0.15, 0.2) is 59.6 Å². The van der Waals surface area contributed by atoms with Crippen molar-refractivity contribution in [3.8, 4) is 17.0 Å². The lowest BCUT2D eigenvalue weighted by molar-refractivity contribution is -0.130. The molecule has 0 spiro atoms. The Kier molecular flexibility index (Phi) is 10.5. The number of rotatable bonds is 7. The molecule has 4 rings (SSSR count). The number of alkyl halides is 2. The van der Waals surface area contributed by atoms with Crippen LogP contribution in [-0.4, -0.2) is 59.7 Å². The molecule has 38 heavy (non-hydrogen) atoms. The van der Waals surface area contributed by atoms with Gasteiger partial charge in [0.1, 0.15) is 17.4 Å². The van der Waals surface area contributed by atoms with Crippen LogP contribution in [0.25, 0.3) is 11.3 Å². The smallest absolute Gasteiger partial charge is 0.387 e. The SMILES string of the molecule is C/C=N\c1[nH]c(-c2ccc(F)cc2)cc1CN1CCN(C(C)=O)CC1.CC(C)c1ccc(OC(F)F)cc1. The summed E-state index contributed by atoms with van der Waals surface area (Å²) < 4.78 is 40.9. The van der Waals surface area contributed by atoms with Crippen molar-refractivity contribution >= 4 is 17.9 Å². The number of halogens is 3. The predicted octanol–water partition coefficient (Wildman–Crippen LogP) is 6.62. The van der Waals surface area contributed by atoms with Gasteiger partial charge in [-0.2, -0.15) is 8.78 Å². The van der Waals surface area contributed by atoms with Gasteiger partial charge in [-0.1, -0.05) is 26.0 Å². The van der Waals surface area contributed by atoms with Crippen molar-refractivity contribution < 1.29 is 22.7 Å². The van der Waals surface area contributed by atoms with Gasteiger partial charge < -0.3 is 14.6 Å². The standard InChI is InChI=1S/C19H23FN4O.C10H12F2O/c1-3-21-19-16(13-23-8-10-24(11-9-23)14(2)25)12-18(22-19)15-4-6-17(20)7-5-15;1-7(2)8-3-5-9(6-4-8)13-10(11)12/h3-7,12,22H,8-11,13H2,1-2H3;3-7,10H,1-2H3/b21-3-;. The van der Waals surface area contributed by atoms with E-state index in [1.54, 1.807) is 49.5 Å². The first kappa shape index (κ1) is 29.0. The fourth-order valence-electron chi connectivity index (χ4n) is 4.13. The number of H-pyrrole nitrogens is 1. The van der Waals surface area contributed by atoms with E-state index in [-0.39, 0.29) is 17.5 Å². The van der Waals surface area contributed by atoms with Gasteiger partial charge in [0, 0.05) is 57.1 Å². The molecule has 0 unspecified atom stereocenters. The van der Waals surface area contributed by atoms with Crippen LogP contribution in [0.5, 0.6) is 5.75 Å². The molecular weight excluding hydrogens is 493 g/mol. The lowest BCUT2D eigenvalue weighted by Crippen LogP contribution is -2.47. The molecule has 0 bridgehead atoms. The Morgan fingerprint density at radius 1 is 1.05 bits per heavy atom. The van der Waals surface area contributed by atoms with Crippen LogP contribution in [0, 0.1) is 5.82 Å². The van der Waals surface area contributed by atoms with Crippen LogP contribution in [0.4, 0.5) is 19.0 Å². The Morgan fingerprint density at radius 3 is 2.21 bits per heavy atom. The van der Waals surface area contributed by atoms with Gasteiger partial charge in [0.05, 0.1) is 0 Å². The molecule has 1 aliphatic heterocycles. The second-order valence-electron chi connectivity index (χ2n) is 9.34. The van der Waals surface area contributed by atoms with E-state index in [9.17, 15) is 18.0 Å². The lowest BCUT2D eigenvalue weighted by Gasteiger charge is -2.34. The van der Waals surface area contributed by atoms with E-state index in [1.165, 1.54) is 12.1 Å². The van der Waals surface area contributed by atoms with Gasteiger partial charge in [0.25, 0.3) is 0 Å². The summed E-state index contributed by atoms with van der Waals surface area (Å²) in [7, 11) is 0. The zero-order valence-corrected chi connectivity index (χ0v) is 22.3. The van der Waals surface area contributed by atoms with E-state index in [1.807, 2.05) is 25.7 Å². The first-order valence-electron chi connectivity index (χ1n) is 12.7. The fraction of sp³-hybridized carbons (Fsp3) is 0.379. The Morgan fingerprint density at radius 2 is 1.68 bits per heavy atom. The second-order valence-corrected chi connectivity index (χ2v) is 9.34. The fourth-order valence-corrected chi connectivity index (χ4v) is 4.13. The normalized spacial score (nSPS) is 14.2. The first-order chi connectivity index (χ1) is 18.2. The van der Waals surface area contributed by atoms with E-state index < -0.39 is 6.61 Å². The molecule has 6 nitrogen and oxygen atoms in total. The quantitative estimate of drug-likeness (QED) is 0.351. The van der Waals surface area contributed by atoms with E-state index in [0.29, 0.717) is 5.92 Å². The van der Waals surface area contributed by atoms with E-state index in [4.69, 9.17) is 0 Å². The van der Waals surface area contributed by atoms with Crippen LogP contribution in [-0.2, 0) is 11.3 Å². The highest BCUT2D eigenvalue weighted by molar-refractivity contribution is 5.73.